The average molecular weight is 324 g/mol. The molecule has 116 valence electrons. The summed E-state index contributed by atoms with van der Waals surface area (Å²) in [5, 5.41) is 0.737. The standard InChI is InChI=1S/C17H17ClF2N2/c18-14-2-1-3-16(10-14)22-8-6-21(7-9-22)12-13-4-5-15(19)11-17(13)20/h1-5,10-11H,6-9,12H2/p+1. The van der Waals surface area contributed by atoms with Crippen LogP contribution in [0.15, 0.2) is 42.5 Å². The lowest BCUT2D eigenvalue weighted by Crippen LogP contribution is -3.13. The van der Waals surface area contributed by atoms with Gasteiger partial charge >= 0.3 is 0 Å². The van der Waals surface area contributed by atoms with Crippen LogP contribution < -0.4 is 9.80 Å². The summed E-state index contributed by atoms with van der Waals surface area (Å²) < 4.78 is 26.6. The van der Waals surface area contributed by atoms with E-state index in [4.69, 9.17) is 11.6 Å². The van der Waals surface area contributed by atoms with E-state index >= 15 is 0 Å². The van der Waals surface area contributed by atoms with Gasteiger partial charge in [-0.15, -0.1) is 0 Å². The molecule has 1 aliphatic rings. The summed E-state index contributed by atoms with van der Waals surface area (Å²) in [4.78, 5) is 3.60. The minimum Gasteiger partial charge on any atom is -0.360 e. The Kier molecular flexibility index (Phi) is 4.60. The quantitative estimate of drug-likeness (QED) is 0.912. The molecule has 2 aromatic carbocycles. The number of nitrogens with one attached hydrogen (secondary N) is 1. The van der Waals surface area contributed by atoms with Crippen molar-refractivity contribution in [2.24, 2.45) is 0 Å². The third kappa shape index (κ3) is 3.57. The number of nitrogens with zero attached hydrogens (tertiary/aromatic N) is 1. The lowest BCUT2D eigenvalue weighted by Gasteiger charge is -2.33. The van der Waals surface area contributed by atoms with Crippen LogP contribution in [0, 0.1) is 11.6 Å². The molecule has 1 heterocycles. The highest BCUT2D eigenvalue weighted by molar-refractivity contribution is 6.30. The van der Waals surface area contributed by atoms with E-state index in [1.807, 2.05) is 18.2 Å². The summed E-state index contributed by atoms with van der Waals surface area (Å²) in [6, 6.07) is 11.6. The summed E-state index contributed by atoms with van der Waals surface area (Å²) in [5.41, 5.74) is 1.70. The minimum atomic E-state index is -0.526. The van der Waals surface area contributed by atoms with Crippen molar-refractivity contribution in [2.75, 3.05) is 31.1 Å². The summed E-state index contributed by atoms with van der Waals surface area (Å²) in [6.45, 7) is 4.24. The van der Waals surface area contributed by atoms with E-state index in [0.717, 1.165) is 43.0 Å². The number of halogens is 3. The van der Waals surface area contributed by atoms with Gasteiger partial charge in [-0.3, -0.25) is 0 Å². The molecule has 1 N–H and O–H groups in total. The molecule has 2 nitrogen and oxygen atoms in total. The number of anilines is 1. The summed E-state index contributed by atoms with van der Waals surface area (Å²) in [6.07, 6.45) is 0. The number of hydrogen-bond acceptors (Lipinski definition) is 1. The number of benzene rings is 2. The number of quaternary nitrogens is 1. The monoisotopic (exact) mass is 323 g/mol. The second-order valence-electron chi connectivity index (χ2n) is 5.63. The largest absolute Gasteiger partial charge is 0.360 e. The summed E-state index contributed by atoms with van der Waals surface area (Å²) >= 11 is 6.03. The van der Waals surface area contributed by atoms with Crippen molar-refractivity contribution in [1.29, 1.82) is 0 Å². The number of hydrogen-bond donors (Lipinski definition) is 1. The van der Waals surface area contributed by atoms with Gasteiger partial charge < -0.3 is 9.80 Å². The molecule has 2 aromatic rings. The molecule has 0 aliphatic carbocycles. The average Bonchev–Trinajstić information content (AvgIpc) is 2.51. The molecule has 0 spiro atoms. The molecule has 0 atom stereocenters. The van der Waals surface area contributed by atoms with Crippen molar-refractivity contribution >= 4 is 17.3 Å². The predicted molar refractivity (Wildman–Crippen MR) is 84.4 cm³/mol. The molecule has 0 radical (unpaired) electrons. The van der Waals surface area contributed by atoms with Crippen LogP contribution in [0.2, 0.25) is 5.02 Å². The molecule has 0 bridgehead atoms. The van der Waals surface area contributed by atoms with E-state index < -0.39 is 11.6 Å². The Hall–Kier alpha value is -1.65. The zero-order valence-electron chi connectivity index (χ0n) is 12.2. The fraction of sp³-hybridized carbons (Fsp3) is 0.294. The molecular formula is C17H18ClF2N2+. The van der Waals surface area contributed by atoms with E-state index in [2.05, 4.69) is 11.0 Å². The van der Waals surface area contributed by atoms with Gasteiger partial charge in [0.2, 0.25) is 0 Å². The molecule has 0 amide bonds. The lowest BCUT2D eigenvalue weighted by molar-refractivity contribution is -0.914. The van der Waals surface area contributed by atoms with Crippen LogP contribution >= 0.6 is 11.6 Å². The topological polar surface area (TPSA) is 7.68 Å². The van der Waals surface area contributed by atoms with Gasteiger partial charge in [-0.05, 0) is 30.3 Å². The maximum absolute atomic E-state index is 13.7. The van der Waals surface area contributed by atoms with E-state index in [9.17, 15) is 8.78 Å². The van der Waals surface area contributed by atoms with Crippen LogP contribution in [0.25, 0.3) is 0 Å². The van der Waals surface area contributed by atoms with E-state index in [-0.39, 0.29) is 0 Å². The smallest absolute Gasteiger partial charge is 0.134 e. The molecule has 1 saturated heterocycles. The fourth-order valence-corrected chi connectivity index (χ4v) is 3.05. The third-order valence-corrected chi connectivity index (χ3v) is 4.33. The minimum absolute atomic E-state index is 0.454. The first-order chi connectivity index (χ1) is 10.6. The van der Waals surface area contributed by atoms with E-state index in [0.29, 0.717) is 12.1 Å². The Balaban J connectivity index is 1.60. The molecular weight excluding hydrogens is 306 g/mol. The SMILES string of the molecule is Fc1ccc(C[NH+]2CCN(c3cccc(Cl)c3)CC2)c(F)c1. The zero-order chi connectivity index (χ0) is 15.5. The first-order valence-electron chi connectivity index (χ1n) is 7.40. The molecule has 1 aliphatic heterocycles. The number of piperazine rings is 1. The van der Waals surface area contributed by atoms with Crippen molar-refractivity contribution < 1.29 is 13.7 Å². The molecule has 22 heavy (non-hydrogen) atoms. The number of rotatable bonds is 3. The van der Waals surface area contributed by atoms with Gasteiger partial charge in [0.05, 0.1) is 26.2 Å². The van der Waals surface area contributed by atoms with Crippen molar-refractivity contribution in [3.8, 4) is 0 Å². The Bertz CT molecular complexity index is 655. The Morgan fingerprint density at radius 2 is 1.82 bits per heavy atom. The second kappa shape index (κ2) is 6.63. The van der Waals surface area contributed by atoms with Gasteiger partial charge in [0, 0.05) is 22.3 Å². The van der Waals surface area contributed by atoms with Gasteiger partial charge in [0.15, 0.2) is 0 Å². The van der Waals surface area contributed by atoms with Crippen LogP contribution in [0.3, 0.4) is 0 Å². The van der Waals surface area contributed by atoms with Crippen molar-refractivity contribution in [3.05, 3.63) is 64.7 Å². The highest BCUT2D eigenvalue weighted by Gasteiger charge is 2.21. The van der Waals surface area contributed by atoms with E-state index in [1.54, 1.807) is 6.07 Å². The lowest BCUT2D eigenvalue weighted by atomic mass is 10.1. The zero-order valence-corrected chi connectivity index (χ0v) is 12.9. The van der Waals surface area contributed by atoms with Crippen molar-refractivity contribution in [1.82, 2.24) is 0 Å². The first-order valence-corrected chi connectivity index (χ1v) is 7.77. The first kappa shape index (κ1) is 15.3. The Morgan fingerprint density at radius 1 is 1.05 bits per heavy atom. The highest BCUT2D eigenvalue weighted by Crippen LogP contribution is 2.19. The molecule has 5 heteroatoms. The molecule has 0 unspecified atom stereocenters. The van der Waals surface area contributed by atoms with Gasteiger partial charge in [0.1, 0.15) is 18.2 Å². The van der Waals surface area contributed by atoms with Crippen LogP contribution in [-0.2, 0) is 6.54 Å². The normalized spacial score (nSPS) is 16.0. The Labute approximate surface area is 133 Å². The Morgan fingerprint density at radius 3 is 2.50 bits per heavy atom. The molecule has 3 rings (SSSR count). The highest BCUT2D eigenvalue weighted by atomic mass is 35.5. The second-order valence-corrected chi connectivity index (χ2v) is 6.07. The summed E-state index contributed by atoms with van der Waals surface area (Å²) in [5.74, 6) is -0.980. The van der Waals surface area contributed by atoms with Crippen LogP contribution in [0.5, 0.6) is 0 Å². The van der Waals surface area contributed by atoms with Crippen LogP contribution in [0.4, 0.5) is 14.5 Å². The van der Waals surface area contributed by atoms with Crippen molar-refractivity contribution in [2.45, 2.75) is 6.54 Å². The van der Waals surface area contributed by atoms with Crippen LogP contribution in [-0.4, -0.2) is 26.2 Å². The fourth-order valence-electron chi connectivity index (χ4n) is 2.87. The molecule has 0 aromatic heterocycles. The summed E-state index contributed by atoms with van der Waals surface area (Å²) in [7, 11) is 0. The van der Waals surface area contributed by atoms with Gasteiger partial charge in [-0.1, -0.05) is 17.7 Å². The van der Waals surface area contributed by atoms with Crippen molar-refractivity contribution in [3.63, 3.8) is 0 Å². The van der Waals surface area contributed by atoms with Gasteiger partial charge in [-0.25, -0.2) is 8.78 Å². The van der Waals surface area contributed by atoms with Crippen LogP contribution in [0.1, 0.15) is 5.56 Å². The molecule has 1 fully saturated rings. The predicted octanol–water partition coefficient (Wildman–Crippen LogP) is 2.52. The maximum atomic E-state index is 13.7. The van der Waals surface area contributed by atoms with Gasteiger partial charge in [-0.2, -0.15) is 0 Å². The maximum Gasteiger partial charge on any atom is 0.134 e. The molecule has 0 saturated carbocycles. The van der Waals surface area contributed by atoms with Gasteiger partial charge in [0.25, 0.3) is 0 Å². The van der Waals surface area contributed by atoms with E-state index in [1.165, 1.54) is 11.0 Å². The third-order valence-electron chi connectivity index (χ3n) is 4.10.